The molecule has 0 saturated carbocycles. The highest BCUT2D eigenvalue weighted by molar-refractivity contribution is 5.77. The number of nitrogens with one attached hydrogen (secondary N) is 2. The van der Waals surface area contributed by atoms with Gasteiger partial charge in [-0.05, 0) is 41.5 Å². The molecule has 0 aliphatic rings. The van der Waals surface area contributed by atoms with Crippen LogP contribution in [0.15, 0.2) is 0 Å². The van der Waals surface area contributed by atoms with Crippen molar-refractivity contribution in [1.29, 1.82) is 0 Å². The molecule has 0 aliphatic carbocycles. The van der Waals surface area contributed by atoms with Gasteiger partial charge in [-0.2, -0.15) is 0 Å². The summed E-state index contributed by atoms with van der Waals surface area (Å²) in [6, 6.07) is 0. The molecular weight excluding hydrogens is 332 g/mol. The predicted molar refractivity (Wildman–Crippen MR) is 90.3 cm³/mol. The Hall–Kier alpha value is -2.03. The molecule has 9 heteroatoms. The van der Waals surface area contributed by atoms with Crippen molar-refractivity contribution in [3.8, 4) is 0 Å². The highest BCUT2D eigenvalue weighted by Crippen LogP contribution is 2.06. The van der Waals surface area contributed by atoms with E-state index in [1.54, 1.807) is 41.5 Å². The van der Waals surface area contributed by atoms with Crippen LogP contribution in [0.25, 0.3) is 0 Å². The van der Waals surface area contributed by atoms with Gasteiger partial charge < -0.3 is 29.6 Å². The van der Waals surface area contributed by atoms with Crippen molar-refractivity contribution >= 4 is 18.2 Å². The Morgan fingerprint density at radius 3 is 1.80 bits per heavy atom. The fraction of sp³-hybridized carbons (Fsp3) is 0.812. The van der Waals surface area contributed by atoms with E-state index in [1.165, 1.54) is 0 Å². The molecule has 0 aromatic rings. The summed E-state index contributed by atoms with van der Waals surface area (Å²) in [5.41, 5.74) is -1.18. The van der Waals surface area contributed by atoms with Gasteiger partial charge in [-0.15, -0.1) is 0 Å². The molecule has 0 heterocycles. The number of ether oxygens (including phenoxy) is 4. The summed E-state index contributed by atoms with van der Waals surface area (Å²) in [6.07, 6.45) is -1.20. The molecule has 0 radical (unpaired) electrons. The summed E-state index contributed by atoms with van der Waals surface area (Å²) in [5.74, 6) is -0.596. The van der Waals surface area contributed by atoms with Gasteiger partial charge in [0.15, 0.2) is 0 Å². The summed E-state index contributed by atoms with van der Waals surface area (Å²) >= 11 is 0. The van der Waals surface area contributed by atoms with E-state index in [0.717, 1.165) is 0 Å². The van der Waals surface area contributed by atoms with Gasteiger partial charge in [0, 0.05) is 6.54 Å². The molecular formula is C16H30N2O7. The molecule has 0 spiro atoms. The Balaban J connectivity index is 3.58. The van der Waals surface area contributed by atoms with Crippen LogP contribution in [0.5, 0.6) is 0 Å². The fourth-order valence-electron chi connectivity index (χ4n) is 1.37. The third-order valence-corrected chi connectivity index (χ3v) is 2.18. The van der Waals surface area contributed by atoms with E-state index in [9.17, 15) is 14.4 Å². The zero-order valence-corrected chi connectivity index (χ0v) is 15.9. The van der Waals surface area contributed by atoms with Crippen LogP contribution in [0.4, 0.5) is 9.59 Å². The maximum atomic E-state index is 11.4. The minimum Gasteiger partial charge on any atom is -0.462 e. The van der Waals surface area contributed by atoms with Gasteiger partial charge in [-0.25, -0.2) is 9.59 Å². The first-order chi connectivity index (χ1) is 11.4. The molecule has 146 valence electrons. The van der Waals surface area contributed by atoms with Crippen LogP contribution in [-0.4, -0.2) is 62.3 Å². The standard InChI is InChI=1S/C16H30N2O7/c1-15(2,3)24-13(20)17-7-8-22-9-10-23-12(19)11-18-14(21)25-16(4,5)6/h7-11H2,1-6H3,(H,17,20)(H,18,21). The van der Waals surface area contributed by atoms with Crippen molar-refractivity contribution in [3.05, 3.63) is 0 Å². The third-order valence-electron chi connectivity index (χ3n) is 2.18. The number of rotatable bonds is 8. The van der Waals surface area contributed by atoms with Crippen LogP contribution < -0.4 is 10.6 Å². The van der Waals surface area contributed by atoms with E-state index in [2.05, 4.69) is 10.6 Å². The Morgan fingerprint density at radius 1 is 0.760 bits per heavy atom. The van der Waals surface area contributed by atoms with Crippen molar-refractivity contribution in [2.24, 2.45) is 0 Å². The first-order valence-corrected chi connectivity index (χ1v) is 8.06. The highest BCUT2D eigenvalue weighted by atomic mass is 16.6. The maximum Gasteiger partial charge on any atom is 0.408 e. The summed E-state index contributed by atoms with van der Waals surface area (Å²) in [6.45, 7) is 11.0. The molecule has 0 fully saturated rings. The second kappa shape index (κ2) is 10.8. The van der Waals surface area contributed by atoms with Crippen LogP contribution >= 0.6 is 0 Å². The normalized spacial score (nSPS) is 11.4. The van der Waals surface area contributed by atoms with Gasteiger partial charge in [-0.1, -0.05) is 0 Å². The molecule has 0 rings (SSSR count). The quantitative estimate of drug-likeness (QED) is 0.383. The summed E-state index contributed by atoms with van der Waals surface area (Å²) < 4.78 is 20.1. The molecule has 9 nitrogen and oxygen atoms in total. The molecule has 2 N–H and O–H groups in total. The maximum absolute atomic E-state index is 11.4. The SMILES string of the molecule is CC(C)(C)OC(=O)NCCOCCOC(=O)CNC(=O)OC(C)(C)C. The average Bonchev–Trinajstić information content (AvgIpc) is 2.40. The molecule has 0 aliphatic heterocycles. The largest absolute Gasteiger partial charge is 0.462 e. The topological polar surface area (TPSA) is 112 Å². The molecule has 0 aromatic carbocycles. The summed E-state index contributed by atoms with van der Waals surface area (Å²) in [5, 5.41) is 4.83. The lowest BCUT2D eigenvalue weighted by Crippen LogP contribution is -2.36. The summed E-state index contributed by atoms with van der Waals surface area (Å²) in [7, 11) is 0. The average molecular weight is 362 g/mol. The Bertz CT molecular complexity index is 439. The van der Waals surface area contributed by atoms with Gasteiger partial charge in [-0.3, -0.25) is 4.79 Å². The monoisotopic (exact) mass is 362 g/mol. The predicted octanol–water partition coefficient (Wildman–Crippen LogP) is 1.60. The molecule has 2 amide bonds. The van der Waals surface area contributed by atoms with Crippen LogP contribution in [0.3, 0.4) is 0 Å². The Kier molecular flexibility index (Phi) is 9.88. The number of amides is 2. The highest BCUT2D eigenvalue weighted by Gasteiger charge is 2.17. The van der Waals surface area contributed by atoms with Crippen LogP contribution in [0, 0.1) is 0 Å². The first-order valence-electron chi connectivity index (χ1n) is 8.06. The smallest absolute Gasteiger partial charge is 0.408 e. The zero-order valence-electron chi connectivity index (χ0n) is 15.9. The minimum atomic E-state index is -0.686. The van der Waals surface area contributed by atoms with Crippen LogP contribution in [0.1, 0.15) is 41.5 Å². The van der Waals surface area contributed by atoms with Crippen molar-refractivity contribution in [2.75, 3.05) is 32.9 Å². The number of carbonyl (C=O) groups is 3. The lowest BCUT2D eigenvalue weighted by Gasteiger charge is -2.19. The van der Waals surface area contributed by atoms with Gasteiger partial charge in [0.25, 0.3) is 0 Å². The van der Waals surface area contributed by atoms with Crippen LogP contribution in [0.2, 0.25) is 0 Å². The molecule has 0 bridgehead atoms. The first kappa shape index (κ1) is 23.0. The minimum absolute atomic E-state index is 0.0429. The van der Waals surface area contributed by atoms with Crippen molar-refractivity contribution < 1.29 is 33.3 Å². The molecule has 0 aromatic heterocycles. The third kappa shape index (κ3) is 16.6. The molecule has 0 atom stereocenters. The Labute approximate surface area is 148 Å². The number of alkyl carbamates (subject to hydrolysis) is 2. The number of hydrogen-bond donors (Lipinski definition) is 2. The van der Waals surface area contributed by atoms with E-state index in [4.69, 9.17) is 18.9 Å². The van der Waals surface area contributed by atoms with Gasteiger partial charge in [0.1, 0.15) is 24.4 Å². The molecule has 25 heavy (non-hydrogen) atoms. The molecule has 0 unspecified atom stereocenters. The Morgan fingerprint density at radius 2 is 1.28 bits per heavy atom. The second-order valence-corrected chi connectivity index (χ2v) is 7.12. The van der Waals surface area contributed by atoms with Gasteiger partial charge >= 0.3 is 18.2 Å². The van der Waals surface area contributed by atoms with E-state index in [0.29, 0.717) is 0 Å². The number of carbonyl (C=O) groups excluding carboxylic acids is 3. The second-order valence-electron chi connectivity index (χ2n) is 7.12. The van der Waals surface area contributed by atoms with E-state index >= 15 is 0 Å². The van der Waals surface area contributed by atoms with E-state index < -0.39 is 29.4 Å². The van der Waals surface area contributed by atoms with Gasteiger partial charge in [0.05, 0.1) is 13.2 Å². The number of esters is 1. The molecule has 0 saturated heterocycles. The van der Waals surface area contributed by atoms with Gasteiger partial charge in [0.2, 0.25) is 0 Å². The zero-order chi connectivity index (χ0) is 19.5. The van der Waals surface area contributed by atoms with Crippen molar-refractivity contribution in [2.45, 2.75) is 52.7 Å². The van der Waals surface area contributed by atoms with Crippen LogP contribution in [-0.2, 0) is 23.7 Å². The summed E-state index contributed by atoms with van der Waals surface area (Å²) in [4.78, 5) is 34.1. The fourth-order valence-corrected chi connectivity index (χ4v) is 1.37. The van der Waals surface area contributed by atoms with Crippen molar-refractivity contribution in [3.63, 3.8) is 0 Å². The number of hydrogen-bond acceptors (Lipinski definition) is 7. The van der Waals surface area contributed by atoms with E-state index in [-0.39, 0.29) is 32.9 Å². The van der Waals surface area contributed by atoms with E-state index in [1.807, 2.05) is 0 Å². The lowest BCUT2D eigenvalue weighted by molar-refractivity contribution is -0.144. The lowest BCUT2D eigenvalue weighted by atomic mass is 10.2. The van der Waals surface area contributed by atoms with Crippen molar-refractivity contribution in [1.82, 2.24) is 10.6 Å².